The third-order valence-electron chi connectivity index (χ3n) is 27.3. The van der Waals surface area contributed by atoms with E-state index >= 15 is 0 Å². The Labute approximate surface area is 820 Å². The molecular formula is C117H110Ir2N11O4S-. The Kier molecular flexibility index (Phi) is 28.1. The van der Waals surface area contributed by atoms with Crippen LogP contribution >= 0.6 is 11.3 Å². The van der Waals surface area contributed by atoms with Crippen molar-refractivity contribution >= 4 is 104 Å². The second-order valence-electron chi connectivity index (χ2n) is 36.5. The Balaban J connectivity index is 0.000000109. The maximum atomic E-state index is 10.0. The molecule has 2 atom stereocenters. The van der Waals surface area contributed by atoms with Gasteiger partial charge < -0.3 is 43.1 Å². The van der Waals surface area contributed by atoms with Crippen molar-refractivity contribution in [2.75, 3.05) is 30.4 Å². The van der Waals surface area contributed by atoms with Crippen LogP contribution in [0.2, 0.25) is 0 Å². The average Bonchev–Trinajstić information content (AvgIpc) is 1.54. The summed E-state index contributed by atoms with van der Waals surface area (Å²) in [5.41, 5.74) is 28.8. The van der Waals surface area contributed by atoms with Gasteiger partial charge in [0.2, 0.25) is 12.1 Å². The summed E-state index contributed by atoms with van der Waals surface area (Å²) in [6.07, 6.45) is 34.0. The van der Waals surface area contributed by atoms with Crippen LogP contribution in [0.25, 0.3) is 115 Å². The summed E-state index contributed by atoms with van der Waals surface area (Å²) in [6.45, 7) is 13.9. The first-order chi connectivity index (χ1) is 65.2. The van der Waals surface area contributed by atoms with Gasteiger partial charge in [-0.05, 0) is 155 Å². The predicted molar refractivity (Wildman–Crippen MR) is 541 cm³/mol. The fourth-order valence-electron chi connectivity index (χ4n) is 21.1. The Hall–Kier alpha value is -13.1. The van der Waals surface area contributed by atoms with Crippen molar-refractivity contribution in [1.29, 1.82) is 0 Å². The van der Waals surface area contributed by atoms with Crippen molar-refractivity contribution in [3.63, 3.8) is 0 Å². The van der Waals surface area contributed by atoms with E-state index in [9.17, 15) is 4.79 Å². The van der Waals surface area contributed by atoms with Gasteiger partial charge in [0.05, 0.1) is 33.8 Å². The number of hydrogen-bond donors (Lipinski definition) is 1. The number of anilines is 2. The molecule has 2 fully saturated rings. The molecule has 7 aromatic heterocycles. The number of para-hydroxylation sites is 5. The number of aliphatic hydroxyl groups is 1. The molecule has 8 aliphatic rings. The molecular weight excluding hydrogens is 2040 g/mol. The molecule has 26 rings (SSSR count). The van der Waals surface area contributed by atoms with Crippen molar-refractivity contribution in [2.45, 2.75) is 161 Å². The molecule has 0 bridgehead atoms. The number of ketones is 1. The van der Waals surface area contributed by atoms with E-state index in [1.807, 2.05) is 115 Å². The minimum Gasteiger partial charge on any atom is -0.512 e. The zero-order valence-electron chi connectivity index (χ0n) is 77.5. The van der Waals surface area contributed by atoms with Crippen LogP contribution in [0, 0.1) is 23.9 Å². The van der Waals surface area contributed by atoms with Crippen LogP contribution in [-0.4, -0.2) is 78.2 Å². The molecule has 1 N–H and O–H groups in total. The van der Waals surface area contributed by atoms with Crippen LogP contribution in [0.5, 0.6) is 0 Å². The van der Waals surface area contributed by atoms with Crippen molar-refractivity contribution in [1.82, 2.24) is 38.9 Å². The number of aromatic nitrogens is 6. The molecule has 6 aliphatic heterocycles. The summed E-state index contributed by atoms with van der Waals surface area (Å²) < 4.78 is 19.7. The SMILES string of the molecule is CC(=O)C=C(C)O.CC(C)c1cccc(C(C)C)c1-n1ccnc1-c1[c-]cccc1.CN1C=CN2c3c(ccc4c3oc3ccccc34)CC12.CN1C=CN2c3ccccc3CC12.[Ir].[Ir].[c-]1ccc2c(oc3ccccc32)c1-c1ccccn1.[c-]1ccccc1-c1ncnc2sccc12.c1cc(C2CCCCC2)c(C2=[n+]3c4c5c(cccc5c5ccccc53)C[N+]=4C2)c(C2CCCCC2)c1. The van der Waals surface area contributed by atoms with Crippen molar-refractivity contribution in [3.8, 4) is 39.6 Å². The number of rotatable bonds is 10. The van der Waals surface area contributed by atoms with Gasteiger partial charge in [0.15, 0.2) is 17.9 Å². The number of carbonyl (C=O) groups excluding carboxylic acids is 1. The number of nitrogens with zero attached hydrogens (tertiary/aromatic N) is 11. The Morgan fingerprint density at radius 3 is 1.76 bits per heavy atom. The number of likely N-dealkylation sites (N-methyl/N-ethyl adjacent to an activating group) is 2. The van der Waals surface area contributed by atoms with Crippen LogP contribution in [0.3, 0.4) is 0 Å². The first kappa shape index (κ1) is 92.4. The van der Waals surface area contributed by atoms with E-state index in [-0.39, 0.29) is 51.8 Å². The Morgan fingerprint density at radius 2 is 1.10 bits per heavy atom. The van der Waals surface area contributed by atoms with Crippen LogP contribution in [0.15, 0.2) is 324 Å². The van der Waals surface area contributed by atoms with Gasteiger partial charge in [0.25, 0.3) is 5.71 Å². The Bertz CT molecular complexity index is 7530. The maximum absolute atomic E-state index is 10.0. The van der Waals surface area contributed by atoms with Gasteiger partial charge in [-0.25, -0.2) is 4.98 Å². The number of imidazole rings is 1. The van der Waals surface area contributed by atoms with Crippen molar-refractivity contribution in [2.24, 2.45) is 0 Å². The second-order valence-corrected chi connectivity index (χ2v) is 37.4. The number of allylic oxidation sites excluding steroid dienone is 2. The summed E-state index contributed by atoms with van der Waals surface area (Å²) >= 11 is 1.63. The molecule has 15 nitrogen and oxygen atoms in total. The van der Waals surface area contributed by atoms with E-state index in [4.69, 9.17) is 13.9 Å². The second kappa shape index (κ2) is 41.0. The topological polar surface area (TPSA) is 142 Å². The van der Waals surface area contributed by atoms with E-state index in [0.717, 1.165) is 103 Å². The molecule has 2 saturated carbocycles. The summed E-state index contributed by atoms with van der Waals surface area (Å²) in [5.74, 6) is 3.23. The van der Waals surface area contributed by atoms with E-state index in [1.54, 1.807) is 46.3 Å². The fourth-order valence-corrected chi connectivity index (χ4v) is 21.9. The molecule has 13 heterocycles. The summed E-state index contributed by atoms with van der Waals surface area (Å²) in [5, 5.41) is 20.4. The molecule has 11 aromatic carbocycles. The molecule has 2 unspecified atom stereocenters. The zero-order chi connectivity index (χ0) is 90.7. The maximum Gasteiger partial charge on any atom is 0.454 e. The standard InChI is InChI=1S/C34H36N2.C21H23N2.C17H14N2O.C17H10NO.C12H7N2S.C11H12N2.C5H8O2.2Ir/c1-3-11-23(12-4-1)26-17-10-18-27(24-13-5-2-6-14-24)33(26)31-22-35-21-25-15-9-19-29-28-16-7-8-20-30(28)36(31)34(35)32(25)29;1-15(2)18-11-8-12-19(16(3)4)20(18)23-14-13-22-21(23)17-9-6-5-7-10-17;1-18-8-9-19-15(18)10-11-6-7-13-12-4-2-3-5-14(12)20-17(13)16(11)19;1-2-10-16-12(6-1)13-7-5-8-14(17(13)19-16)15-9-3-4-11-18-15;1-2-4-9(5-3-1)11-10-6-7-15-12(10)14-8-13-11;1-12-6-7-13-10-5-3-2-4-9(10)8-11(12)13;1-4(6)3-5(2)7;;/h7-10,15-20,23-24H,1-6,11-14,21-22H2;5-9,11-16H,1-4H3;2-9,15H,10H2,1H3;1-7,9-11H;1-4,6-8H;2-7,11H,8H2,1H3;3,6H,1-2H3;;/q+2;-1;;2*-1;;;;. The quantitative estimate of drug-likeness (QED) is 0.0458. The molecule has 18 heteroatoms. The van der Waals surface area contributed by atoms with Crippen LogP contribution in [-0.2, 0) is 64.4 Å². The first-order valence-corrected chi connectivity index (χ1v) is 48.0. The van der Waals surface area contributed by atoms with Crippen molar-refractivity contribution in [3.05, 3.63) is 390 Å². The van der Waals surface area contributed by atoms with Gasteiger partial charge >= 0.3 is 5.49 Å². The molecule has 2 aliphatic carbocycles. The monoisotopic (exact) mass is 2150 g/mol. The van der Waals surface area contributed by atoms with Crippen LogP contribution in [0.1, 0.15) is 174 Å². The van der Waals surface area contributed by atoms with Crippen LogP contribution in [0.4, 0.5) is 11.4 Å². The van der Waals surface area contributed by atoms with Gasteiger partial charge in [-0.3, -0.25) is 14.8 Å². The van der Waals surface area contributed by atoms with Gasteiger partial charge in [-0.1, -0.05) is 227 Å². The first-order valence-electron chi connectivity index (χ1n) is 47.1. The number of benzene rings is 11. The van der Waals surface area contributed by atoms with Gasteiger partial charge in [-0.15, -0.1) is 101 Å². The van der Waals surface area contributed by atoms with E-state index in [0.29, 0.717) is 36.0 Å². The minimum absolute atomic E-state index is 0. The Morgan fingerprint density at radius 1 is 0.504 bits per heavy atom. The normalized spacial score (nSPS) is 15.9. The average molecular weight is 2150 g/mol. The van der Waals surface area contributed by atoms with Crippen LogP contribution < -0.4 is 24.1 Å². The molecule has 2 radical (unpaired) electrons. The van der Waals surface area contributed by atoms with E-state index < -0.39 is 0 Å². The van der Waals surface area contributed by atoms with E-state index in [2.05, 4.69) is 289 Å². The third-order valence-corrected chi connectivity index (χ3v) is 28.1. The molecule has 0 spiro atoms. The number of thiophene rings is 1. The van der Waals surface area contributed by atoms with Gasteiger partial charge in [0.1, 0.15) is 40.0 Å². The molecule has 0 amide bonds. The summed E-state index contributed by atoms with van der Waals surface area (Å²) in [4.78, 5) is 37.7. The molecule has 18 aromatic rings. The number of aliphatic hydroxyl groups excluding tert-OH is 1. The largest absolute Gasteiger partial charge is 0.512 e. The minimum atomic E-state index is -0.125. The zero-order valence-corrected chi connectivity index (χ0v) is 83.1. The number of carbonyl (C=O) groups is 1. The van der Waals surface area contributed by atoms with E-state index in [1.165, 1.54) is 167 Å². The summed E-state index contributed by atoms with van der Waals surface area (Å²) in [6, 6.07) is 97.0. The fraction of sp³-hybridized carbons (Fsp3) is 0.239. The third kappa shape index (κ3) is 18.5. The predicted octanol–water partition coefficient (Wildman–Crippen LogP) is 26.5. The smallest absolute Gasteiger partial charge is 0.454 e. The molecule has 0 saturated heterocycles. The number of furan rings is 2. The van der Waals surface area contributed by atoms with Gasteiger partial charge in [0, 0.05) is 161 Å². The number of hydrogen-bond acceptors (Lipinski definition) is 13. The van der Waals surface area contributed by atoms with Gasteiger partial charge in [-0.2, -0.15) is 4.58 Å². The van der Waals surface area contributed by atoms with Crippen molar-refractivity contribution < 1.29 is 63.2 Å². The number of pyridine rings is 2. The molecule has 135 heavy (non-hydrogen) atoms. The molecule has 682 valence electrons. The summed E-state index contributed by atoms with van der Waals surface area (Å²) in [7, 11) is 4.26. The number of fused-ring (bicyclic) bond motifs is 17.